The minimum absolute atomic E-state index is 0.251. The SMILES string of the molecule is CC1(c2cccc(C#N)c2)NC(=O)N(CC(=O)NCc2ccc(Cl)cc2)C1=O. The topological polar surface area (TPSA) is 102 Å². The lowest BCUT2D eigenvalue weighted by atomic mass is 9.91. The maximum absolute atomic E-state index is 12.8. The van der Waals surface area contributed by atoms with Gasteiger partial charge in [-0.15, -0.1) is 0 Å². The third-order valence-corrected chi connectivity index (χ3v) is 4.80. The average molecular weight is 397 g/mol. The molecule has 3 rings (SSSR count). The van der Waals surface area contributed by atoms with Crippen molar-refractivity contribution in [1.82, 2.24) is 15.5 Å². The van der Waals surface area contributed by atoms with Gasteiger partial charge in [-0.3, -0.25) is 14.5 Å². The lowest BCUT2D eigenvalue weighted by molar-refractivity contribution is -0.134. The van der Waals surface area contributed by atoms with E-state index in [0.717, 1.165) is 10.5 Å². The Bertz CT molecular complexity index is 984. The van der Waals surface area contributed by atoms with Gasteiger partial charge in [0.2, 0.25) is 5.91 Å². The van der Waals surface area contributed by atoms with Crippen LogP contribution in [0.15, 0.2) is 48.5 Å². The van der Waals surface area contributed by atoms with Crippen molar-refractivity contribution >= 4 is 29.4 Å². The highest BCUT2D eigenvalue weighted by atomic mass is 35.5. The summed E-state index contributed by atoms with van der Waals surface area (Å²) in [4.78, 5) is 38.3. The van der Waals surface area contributed by atoms with Gasteiger partial charge >= 0.3 is 6.03 Å². The molecule has 0 aromatic heterocycles. The van der Waals surface area contributed by atoms with E-state index in [4.69, 9.17) is 16.9 Å². The molecule has 1 saturated heterocycles. The van der Waals surface area contributed by atoms with Crippen molar-refractivity contribution in [3.63, 3.8) is 0 Å². The Morgan fingerprint density at radius 1 is 1.25 bits per heavy atom. The molecule has 1 atom stereocenters. The summed E-state index contributed by atoms with van der Waals surface area (Å²) in [6.07, 6.45) is 0. The number of halogens is 1. The van der Waals surface area contributed by atoms with Gasteiger partial charge in [-0.25, -0.2) is 4.79 Å². The molecule has 1 fully saturated rings. The van der Waals surface area contributed by atoms with Gasteiger partial charge in [0.1, 0.15) is 12.1 Å². The first-order chi connectivity index (χ1) is 13.3. The second-order valence-corrected chi connectivity index (χ2v) is 6.98. The highest BCUT2D eigenvalue weighted by molar-refractivity contribution is 6.30. The van der Waals surface area contributed by atoms with E-state index in [2.05, 4.69) is 10.6 Å². The third-order valence-electron chi connectivity index (χ3n) is 4.55. The van der Waals surface area contributed by atoms with E-state index in [0.29, 0.717) is 16.1 Å². The zero-order chi connectivity index (χ0) is 20.3. The smallest absolute Gasteiger partial charge is 0.325 e. The number of carbonyl (C=O) groups is 3. The fourth-order valence-electron chi connectivity index (χ4n) is 2.94. The maximum atomic E-state index is 12.8. The van der Waals surface area contributed by atoms with Crippen molar-refractivity contribution in [2.75, 3.05) is 6.54 Å². The van der Waals surface area contributed by atoms with Gasteiger partial charge in [-0.2, -0.15) is 5.26 Å². The van der Waals surface area contributed by atoms with Gasteiger partial charge in [0.15, 0.2) is 0 Å². The third kappa shape index (κ3) is 3.82. The van der Waals surface area contributed by atoms with E-state index in [1.54, 1.807) is 55.5 Å². The Labute approximate surface area is 166 Å². The zero-order valence-electron chi connectivity index (χ0n) is 15.0. The summed E-state index contributed by atoms with van der Waals surface area (Å²) >= 11 is 5.82. The Kier molecular flexibility index (Phi) is 5.34. The van der Waals surface area contributed by atoms with Crippen LogP contribution in [0.25, 0.3) is 0 Å². The minimum Gasteiger partial charge on any atom is -0.350 e. The number of urea groups is 1. The van der Waals surface area contributed by atoms with Crippen molar-refractivity contribution in [3.05, 3.63) is 70.2 Å². The van der Waals surface area contributed by atoms with E-state index >= 15 is 0 Å². The number of nitriles is 1. The molecule has 2 N–H and O–H groups in total. The molecule has 142 valence electrons. The van der Waals surface area contributed by atoms with Gasteiger partial charge in [-0.05, 0) is 42.3 Å². The van der Waals surface area contributed by atoms with Gasteiger partial charge < -0.3 is 10.6 Å². The number of amides is 4. The van der Waals surface area contributed by atoms with Crippen molar-refractivity contribution in [2.45, 2.75) is 19.0 Å². The summed E-state index contributed by atoms with van der Waals surface area (Å²) in [5.41, 5.74) is 0.363. The van der Waals surface area contributed by atoms with Crippen molar-refractivity contribution < 1.29 is 14.4 Å². The highest BCUT2D eigenvalue weighted by Crippen LogP contribution is 2.29. The van der Waals surface area contributed by atoms with E-state index < -0.39 is 29.9 Å². The summed E-state index contributed by atoms with van der Waals surface area (Å²) in [6.45, 7) is 1.41. The van der Waals surface area contributed by atoms with Crippen LogP contribution in [-0.4, -0.2) is 29.3 Å². The van der Waals surface area contributed by atoms with E-state index in [1.165, 1.54) is 0 Å². The Morgan fingerprint density at radius 2 is 1.96 bits per heavy atom. The van der Waals surface area contributed by atoms with Crippen molar-refractivity contribution in [2.24, 2.45) is 0 Å². The van der Waals surface area contributed by atoms with Crippen LogP contribution in [0.5, 0.6) is 0 Å². The lowest BCUT2D eigenvalue weighted by Crippen LogP contribution is -2.43. The largest absolute Gasteiger partial charge is 0.350 e. The van der Waals surface area contributed by atoms with Gasteiger partial charge in [-0.1, -0.05) is 35.9 Å². The maximum Gasteiger partial charge on any atom is 0.325 e. The first-order valence-electron chi connectivity index (χ1n) is 8.49. The van der Waals surface area contributed by atoms with Gasteiger partial charge in [0.05, 0.1) is 11.6 Å². The lowest BCUT2D eigenvalue weighted by Gasteiger charge is -2.22. The van der Waals surface area contributed by atoms with Crippen LogP contribution in [0.2, 0.25) is 5.02 Å². The molecule has 0 spiro atoms. The van der Waals surface area contributed by atoms with E-state index in [-0.39, 0.29) is 6.54 Å². The quantitative estimate of drug-likeness (QED) is 0.757. The van der Waals surface area contributed by atoms with E-state index in [9.17, 15) is 14.4 Å². The zero-order valence-corrected chi connectivity index (χ0v) is 15.8. The molecule has 0 saturated carbocycles. The number of hydrogen-bond donors (Lipinski definition) is 2. The van der Waals surface area contributed by atoms with Crippen LogP contribution in [-0.2, 0) is 21.7 Å². The Balaban J connectivity index is 1.68. The molecular weight excluding hydrogens is 380 g/mol. The molecule has 2 aromatic rings. The molecule has 8 heteroatoms. The summed E-state index contributed by atoms with van der Waals surface area (Å²) in [5.74, 6) is -1.01. The monoisotopic (exact) mass is 396 g/mol. The molecule has 0 radical (unpaired) electrons. The Hall–Kier alpha value is -3.37. The van der Waals surface area contributed by atoms with Gasteiger partial charge in [0.25, 0.3) is 5.91 Å². The van der Waals surface area contributed by atoms with Crippen LogP contribution >= 0.6 is 11.6 Å². The first-order valence-corrected chi connectivity index (χ1v) is 8.87. The number of benzene rings is 2. The second kappa shape index (κ2) is 7.71. The molecule has 2 aromatic carbocycles. The fraction of sp³-hybridized carbons (Fsp3) is 0.200. The number of nitrogens with zero attached hydrogens (tertiary/aromatic N) is 2. The predicted octanol–water partition coefficient (Wildman–Crippen LogP) is 2.30. The minimum atomic E-state index is -1.33. The van der Waals surface area contributed by atoms with Gasteiger partial charge in [0, 0.05) is 11.6 Å². The first kappa shape index (κ1) is 19.4. The standard InChI is InChI=1S/C20H17ClN4O3/c1-20(15-4-2-3-14(9-15)10-22)18(27)25(19(28)24-20)12-17(26)23-11-13-5-7-16(21)8-6-13/h2-9H,11-12H2,1H3,(H,23,26)(H,24,28). The van der Waals surface area contributed by atoms with Crippen molar-refractivity contribution in [1.29, 1.82) is 5.26 Å². The number of imide groups is 1. The summed E-state index contributed by atoms with van der Waals surface area (Å²) in [6, 6.07) is 14.8. The molecule has 0 bridgehead atoms. The summed E-state index contributed by atoms with van der Waals surface area (Å²) < 4.78 is 0. The molecule has 7 nitrogen and oxygen atoms in total. The molecule has 1 unspecified atom stereocenters. The normalized spacial score (nSPS) is 18.5. The molecule has 1 aliphatic rings. The summed E-state index contributed by atoms with van der Waals surface area (Å²) in [7, 11) is 0. The second-order valence-electron chi connectivity index (χ2n) is 6.54. The molecular formula is C20H17ClN4O3. The molecule has 1 heterocycles. The molecule has 0 aliphatic carbocycles. The number of rotatable bonds is 5. The molecule has 4 amide bonds. The average Bonchev–Trinajstić information content (AvgIpc) is 2.91. The number of nitrogens with one attached hydrogen (secondary N) is 2. The summed E-state index contributed by atoms with van der Waals surface area (Å²) in [5, 5.41) is 14.9. The van der Waals surface area contributed by atoms with Crippen molar-refractivity contribution in [3.8, 4) is 6.07 Å². The van der Waals surface area contributed by atoms with Crippen LogP contribution in [0.4, 0.5) is 4.79 Å². The molecule has 1 aliphatic heterocycles. The highest BCUT2D eigenvalue weighted by Gasteiger charge is 2.49. The van der Waals surface area contributed by atoms with Crippen LogP contribution in [0.3, 0.4) is 0 Å². The fourth-order valence-corrected chi connectivity index (χ4v) is 3.06. The molecule has 28 heavy (non-hydrogen) atoms. The Morgan fingerprint density at radius 3 is 2.64 bits per heavy atom. The van der Waals surface area contributed by atoms with Crippen LogP contribution in [0.1, 0.15) is 23.6 Å². The predicted molar refractivity (Wildman–Crippen MR) is 102 cm³/mol. The van der Waals surface area contributed by atoms with Crippen LogP contribution < -0.4 is 10.6 Å². The van der Waals surface area contributed by atoms with Crippen LogP contribution in [0, 0.1) is 11.3 Å². The van der Waals surface area contributed by atoms with E-state index in [1.807, 2.05) is 6.07 Å². The number of hydrogen-bond acceptors (Lipinski definition) is 4. The number of carbonyl (C=O) groups excluding carboxylic acids is 3.